The number of likely N-dealkylation sites (tertiary alicyclic amines) is 1. The van der Waals surface area contributed by atoms with Gasteiger partial charge in [-0.05, 0) is 67.8 Å². The van der Waals surface area contributed by atoms with Crippen molar-refractivity contribution in [2.24, 2.45) is 28.8 Å². The molecule has 13 nitrogen and oxygen atoms in total. The highest BCUT2D eigenvalue weighted by molar-refractivity contribution is 6.05. The van der Waals surface area contributed by atoms with Crippen molar-refractivity contribution in [2.75, 3.05) is 25.5 Å². The van der Waals surface area contributed by atoms with Crippen molar-refractivity contribution < 1.29 is 9.59 Å². The summed E-state index contributed by atoms with van der Waals surface area (Å²) in [5.41, 5.74) is 11.7. The smallest absolute Gasteiger partial charge is 0.269 e. The molecular formula is C38H42N10O3. The number of benzene rings is 1. The molecule has 1 saturated heterocycles. The molecule has 1 aliphatic heterocycles. The lowest BCUT2D eigenvalue weighted by Crippen LogP contribution is -2.40. The Hall–Kier alpha value is -6.11. The average molecular weight is 687 g/mol. The number of aliphatic imine (C=N–C) groups is 1. The van der Waals surface area contributed by atoms with E-state index in [1.54, 1.807) is 72.2 Å². The molecule has 0 saturated carbocycles. The van der Waals surface area contributed by atoms with Gasteiger partial charge < -0.3 is 16.0 Å². The number of nitrogens with one attached hydrogen (secondary N) is 1. The van der Waals surface area contributed by atoms with E-state index in [9.17, 15) is 14.4 Å². The largest absolute Gasteiger partial charge is 0.382 e. The zero-order valence-electron chi connectivity index (χ0n) is 29.5. The molecule has 1 aliphatic rings. The minimum atomic E-state index is -0.560. The number of nitrogens with two attached hydrogens (primary N) is 1. The molecule has 0 radical (unpaired) electrons. The number of aromatic nitrogens is 5. The number of aryl methyl sites for hydroxylation is 1. The molecule has 5 aromatic rings. The number of hydrogen-bond acceptors (Lipinski definition) is 7. The Kier molecular flexibility index (Phi) is 9.81. The number of anilines is 1. The van der Waals surface area contributed by atoms with Crippen LogP contribution in [-0.4, -0.2) is 73.4 Å². The van der Waals surface area contributed by atoms with E-state index >= 15 is 0 Å². The highest BCUT2D eigenvalue weighted by Crippen LogP contribution is 2.36. The van der Waals surface area contributed by atoms with Crippen molar-refractivity contribution >= 4 is 30.1 Å². The zero-order valence-corrected chi connectivity index (χ0v) is 29.5. The SMILES string of the molecule is C=Nn1c(C2CCN(C(=O)C(C)C)CC2)cc(-c2ccc(NC(=O)c3cc(-c4ccnn4C)c(C)n(-c4ccccn4)c3=O)cc2)c1/C(N)=N\C. The summed E-state index contributed by atoms with van der Waals surface area (Å²) in [4.78, 5) is 50.8. The van der Waals surface area contributed by atoms with E-state index < -0.39 is 11.5 Å². The van der Waals surface area contributed by atoms with Gasteiger partial charge in [0.15, 0.2) is 0 Å². The molecule has 0 bridgehead atoms. The number of hydrogen-bond donors (Lipinski definition) is 2. The molecule has 1 fully saturated rings. The first-order chi connectivity index (χ1) is 24.5. The van der Waals surface area contributed by atoms with Crippen LogP contribution in [0.15, 0.2) is 87.9 Å². The fourth-order valence-corrected chi connectivity index (χ4v) is 6.75. The maximum Gasteiger partial charge on any atom is 0.269 e. The second-order valence-electron chi connectivity index (χ2n) is 12.9. The third kappa shape index (κ3) is 6.62. The van der Waals surface area contributed by atoms with Gasteiger partial charge in [-0.1, -0.05) is 32.0 Å². The van der Waals surface area contributed by atoms with Crippen LogP contribution in [0.4, 0.5) is 5.69 Å². The number of pyridine rings is 2. The number of rotatable bonds is 9. The van der Waals surface area contributed by atoms with Crippen LogP contribution in [0, 0.1) is 12.8 Å². The Bertz CT molecular complexity index is 2190. The van der Waals surface area contributed by atoms with Gasteiger partial charge >= 0.3 is 0 Å². The highest BCUT2D eigenvalue weighted by atomic mass is 16.2. The standard InChI is InChI=1S/C38H42N10O3/c1-23(2)37(50)46-19-15-26(16-20-46)32-22-29(34(35(39)40-4)48(32)41-5)25-10-12-27(13-11-25)44-36(49)30-21-28(31-14-18-43-45(31)6)24(3)47(38(30)51)33-9-7-8-17-42-33/h7-14,17-18,21-23,26H,5,15-16,19-20H2,1-4,6H3,(H2,39,40)(H,44,49). The van der Waals surface area contributed by atoms with Crippen molar-refractivity contribution in [3.8, 4) is 28.2 Å². The van der Waals surface area contributed by atoms with Gasteiger partial charge in [-0.2, -0.15) is 10.2 Å². The summed E-state index contributed by atoms with van der Waals surface area (Å²) >= 11 is 0. The molecule has 0 spiro atoms. The molecule has 0 aliphatic carbocycles. The van der Waals surface area contributed by atoms with Gasteiger partial charge in [0.05, 0.1) is 5.69 Å². The van der Waals surface area contributed by atoms with E-state index in [-0.39, 0.29) is 23.3 Å². The van der Waals surface area contributed by atoms with E-state index in [1.807, 2.05) is 43.9 Å². The molecule has 2 amide bonds. The van der Waals surface area contributed by atoms with Gasteiger partial charge in [0.2, 0.25) is 5.91 Å². The minimum absolute atomic E-state index is 0.0411. The molecule has 5 heterocycles. The van der Waals surface area contributed by atoms with E-state index in [0.717, 1.165) is 35.4 Å². The van der Waals surface area contributed by atoms with Crippen molar-refractivity contribution in [3.63, 3.8) is 0 Å². The van der Waals surface area contributed by atoms with Crippen LogP contribution in [0.1, 0.15) is 60.0 Å². The molecule has 13 heteroatoms. The van der Waals surface area contributed by atoms with Gasteiger partial charge in [-0.3, -0.25) is 28.6 Å². The number of carbonyl (C=O) groups excluding carboxylic acids is 2. The predicted molar refractivity (Wildman–Crippen MR) is 200 cm³/mol. The first-order valence-corrected chi connectivity index (χ1v) is 16.9. The third-order valence-corrected chi connectivity index (χ3v) is 9.47. The normalized spacial score (nSPS) is 13.8. The Morgan fingerprint density at radius 1 is 1.02 bits per heavy atom. The van der Waals surface area contributed by atoms with Crippen LogP contribution in [-0.2, 0) is 11.8 Å². The Balaban J connectivity index is 1.32. The van der Waals surface area contributed by atoms with Crippen molar-refractivity contribution in [3.05, 3.63) is 106 Å². The van der Waals surface area contributed by atoms with E-state index in [4.69, 9.17) is 5.73 Å². The van der Waals surface area contributed by atoms with Gasteiger partial charge in [0, 0.05) is 86.3 Å². The Morgan fingerprint density at radius 2 is 1.75 bits per heavy atom. The highest BCUT2D eigenvalue weighted by Gasteiger charge is 2.30. The van der Waals surface area contributed by atoms with Crippen LogP contribution >= 0.6 is 0 Å². The average Bonchev–Trinajstić information content (AvgIpc) is 3.75. The first-order valence-electron chi connectivity index (χ1n) is 16.9. The molecule has 0 unspecified atom stereocenters. The second-order valence-corrected chi connectivity index (χ2v) is 12.9. The van der Waals surface area contributed by atoms with Crippen LogP contribution in [0.5, 0.6) is 0 Å². The molecular weight excluding hydrogens is 644 g/mol. The number of piperidine rings is 1. The molecule has 4 aromatic heterocycles. The summed E-state index contributed by atoms with van der Waals surface area (Å²) in [7, 11) is 3.43. The van der Waals surface area contributed by atoms with Gasteiger partial charge in [0.25, 0.3) is 11.5 Å². The fourth-order valence-electron chi connectivity index (χ4n) is 6.75. The number of carbonyl (C=O) groups is 2. The van der Waals surface area contributed by atoms with Gasteiger partial charge in [-0.25, -0.2) is 9.66 Å². The lowest BCUT2D eigenvalue weighted by Gasteiger charge is -2.33. The van der Waals surface area contributed by atoms with Crippen molar-refractivity contribution in [1.29, 1.82) is 0 Å². The Labute approximate surface area is 296 Å². The molecule has 51 heavy (non-hydrogen) atoms. The molecule has 1 aromatic carbocycles. The number of amides is 2. The monoisotopic (exact) mass is 686 g/mol. The topological polar surface area (TPSA) is 158 Å². The maximum atomic E-state index is 13.9. The van der Waals surface area contributed by atoms with Crippen molar-refractivity contribution in [1.82, 2.24) is 28.9 Å². The third-order valence-electron chi connectivity index (χ3n) is 9.47. The summed E-state index contributed by atoms with van der Waals surface area (Å²) in [6.07, 6.45) is 4.84. The molecule has 6 rings (SSSR count). The predicted octanol–water partition coefficient (Wildman–Crippen LogP) is 4.82. The van der Waals surface area contributed by atoms with Crippen LogP contribution in [0.3, 0.4) is 0 Å². The van der Waals surface area contributed by atoms with E-state index in [0.29, 0.717) is 47.4 Å². The second kappa shape index (κ2) is 14.4. The van der Waals surface area contributed by atoms with Crippen LogP contribution in [0.25, 0.3) is 28.2 Å². The van der Waals surface area contributed by atoms with Gasteiger partial charge in [0.1, 0.15) is 22.9 Å². The lowest BCUT2D eigenvalue weighted by atomic mass is 9.92. The summed E-state index contributed by atoms with van der Waals surface area (Å²) in [5.74, 6) is 0.415. The summed E-state index contributed by atoms with van der Waals surface area (Å²) in [6.45, 7) is 10.8. The van der Waals surface area contributed by atoms with Crippen LogP contribution in [0.2, 0.25) is 0 Å². The van der Waals surface area contributed by atoms with Crippen LogP contribution < -0.4 is 16.6 Å². The first kappa shape index (κ1) is 34.7. The number of nitrogens with zero attached hydrogens (tertiary/aromatic N) is 8. The molecule has 262 valence electrons. The summed E-state index contributed by atoms with van der Waals surface area (Å²) in [6, 6.07) is 18.1. The number of amidine groups is 1. The quantitative estimate of drug-likeness (QED) is 0.167. The molecule has 3 N–H and O–H groups in total. The lowest BCUT2D eigenvalue weighted by molar-refractivity contribution is -0.135. The summed E-state index contributed by atoms with van der Waals surface area (Å²) < 4.78 is 4.89. The van der Waals surface area contributed by atoms with Gasteiger partial charge in [-0.15, -0.1) is 0 Å². The van der Waals surface area contributed by atoms with E-state index in [1.165, 1.54) is 4.57 Å². The zero-order chi connectivity index (χ0) is 36.4. The van der Waals surface area contributed by atoms with Crippen molar-refractivity contribution in [2.45, 2.75) is 39.5 Å². The minimum Gasteiger partial charge on any atom is -0.382 e. The molecule has 0 atom stereocenters. The Morgan fingerprint density at radius 3 is 2.33 bits per heavy atom. The van der Waals surface area contributed by atoms with E-state index in [2.05, 4.69) is 38.3 Å². The maximum absolute atomic E-state index is 13.9. The fraction of sp³-hybridized carbons (Fsp3) is 0.289. The summed E-state index contributed by atoms with van der Waals surface area (Å²) in [5, 5.41) is 11.5.